The van der Waals surface area contributed by atoms with E-state index in [4.69, 9.17) is 16.2 Å². The SMILES string of the molecule is C=CCCCCCCCCC(=O)Oc1ccc(O)c(C=C(N)CCC(N)C=C(C=O)c2ccccc2)c1. The molecule has 0 amide bonds. The van der Waals surface area contributed by atoms with Crippen LogP contribution in [0.5, 0.6) is 11.5 Å². The molecular formula is C31H40N2O4. The molecule has 2 aromatic rings. The van der Waals surface area contributed by atoms with Crippen LogP contribution in [0.1, 0.15) is 75.3 Å². The molecular weight excluding hydrogens is 464 g/mol. The highest BCUT2D eigenvalue weighted by atomic mass is 16.5. The van der Waals surface area contributed by atoms with Crippen LogP contribution in [0.2, 0.25) is 0 Å². The number of benzene rings is 2. The molecule has 0 heterocycles. The van der Waals surface area contributed by atoms with Crippen molar-refractivity contribution < 1.29 is 19.4 Å². The lowest BCUT2D eigenvalue weighted by atomic mass is 10.0. The maximum absolute atomic E-state index is 12.2. The van der Waals surface area contributed by atoms with Crippen LogP contribution in [0.25, 0.3) is 11.6 Å². The van der Waals surface area contributed by atoms with Gasteiger partial charge in [0.25, 0.3) is 0 Å². The number of rotatable bonds is 17. The largest absolute Gasteiger partial charge is 0.507 e. The highest BCUT2D eigenvalue weighted by Crippen LogP contribution is 2.26. The molecule has 2 rings (SSSR count). The number of hydrogen-bond donors (Lipinski definition) is 3. The standard InChI is InChI=1S/C31H40N2O4/c1-2-3-4-5-6-7-8-12-15-31(36)37-29-18-19-30(35)25(22-29)20-27(32)16-17-28(33)21-26(23-34)24-13-10-9-11-14-24/h2,9-11,13-14,18-23,28,35H,1,3-8,12,15-17,32-33H2. The van der Waals surface area contributed by atoms with Crippen LogP contribution >= 0.6 is 0 Å². The van der Waals surface area contributed by atoms with Crippen molar-refractivity contribution in [2.75, 3.05) is 0 Å². The summed E-state index contributed by atoms with van der Waals surface area (Å²) in [4.78, 5) is 23.7. The summed E-state index contributed by atoms with van der Waals surface area (Å²) in [5.41, 5.74) is 14.7. The summed E-state index contributed by atoms with van der Waals surface area (Å²) in [5, 5.41) is 10.2. The summed E-state index contributed by atoms with van der Waals surface area (Å²) in [7, 11) is 0. The van der Waals surface area contributed by atoms with Gasteiger partial charge < -0.3 is 21.3 Å². The Morgan fingerprint density at radius 3 is 2.41 bits per heavy atom. The maximum atomic E-state index is 12.2. The Hall–Kier alpha value is -3.64. The normalized spacial score (nSPS) is 12.7. The maximum Gasteiger partial charge on any atom is 0.311 e. The van der Waals surface area contributed by atoms with Crippen LogP contribution in [0.3, 0.4) is 0 Å². The molecule has 0 aliphatic carbocycles. The molecule has 0 bridgehead atoms. The molecule has 1 atom stereocenters. The molecule has 5 N–H and O–H groups in total. The third-order valence-corrected chi connectivity index (χ3v) is 6.00. The second kappa shape index (κ2) is 16.9. The number of hydrogen-bond acceptors (Lipinski definition) is 6. The molecule has 6 nitrogen and oxygen atoms in total. The Bertz CT molecular complexity index is 1060. The number of allylic oxidation sites excluding steroid dienone is 3. The molecule has 0 aliphatic heterocycles. The van der Waals surface area contributed by atoms with Crippen LogP contribution in [-0.2, 0) is 9.59 Å². The molecule has 37 heavy (non-hydrogen) atoms. The molecule has 2 aromatic carbocycles. The van der Waals surface area contributed by atoms with Gasteiger partial charge in [-0.05, 0) is 61.9 Å². The van der Waals surface area contributed by atoms with Crippen molar-refractivity contribution in [1.29, 1.82) is 0 Å². The zero-order valence-electron chi connectivity index (χ0n) is 21.6. The Labute approximate surface area is 220 Å². The fourth-order valence-electron chi connectivity index (χ4n) is 3.91. The van der Waals surface area contributed by atoms with Gasteiger partial charge in [-0.3, -0.25) is 9.59 Å². The van der Waals surface area contributed by atoms with Crippen molar-refractivity contribution in [3.63, 3.8) is 0 Å². The fraction of sp³-hybridized carbons (Fsp3) is 0.355. The average Bonchev–Trinajstić information content (AvgIpc) is 2.90. The molecule has 6 heteroatoms. The van der Waals surface area contributed by atoms with Crippen molar-refractivity contribution in [2.24, 2.45) is 11.5 Å². The number of aldehydes is 1. The van der Waals surface area contributed by atoms with E-state index in [0.717, 1.165) is 37.5 Å². The smallest absolute Gasteiger partial charge is 0.311 e. The van der Waals surface area contributed by atoms with E-state index in [9.17, 15) is 14.7 Å². The van der Waals surface area contributed by atoms with Crippen LogP contribution in [0, 0.1) is 0 Å². The van der Waals surface area contributed by atoms with Gasteiger partial charge in [0, 0.05) is 29.3 Å². The second-order valence-corrected chi connectivity index (χ2v) is 9.17. The monoisotopic (exact) mass is 504 g/mol. The van der Waals surface area contributed by atoms with E-state index in [-0.39, 0.29) is 17.8 Å². The van der Waals surface area contributed by atoms with Crippen molar-refractivity contribution in [3.8, 4) is 11.5 Å². The highest BCUT2D eigenvalue weighted by molar-refractivity contribution is 6.06. The Morgan fingerprint density at radius 2 is 1.70 bits per heavy atom. The van der Waals surface area contributed by atoms with Crippen molar-refractivity contribution in [1.82, 2.24) is 0 Å². The van der Waals surface area contributed by atoms with E-state index >= 15 is 0 Å². The summed E-state index contributed by atoms with van der Waals surface area (Å²) in [6.07, 6.45) is 15.0. The number of aromatic hydroxyl groups is 1. The number of nitrogens with two attached hydrogens (primary N) is 2. The van der Waals surface area contributed by atoms with Gasteiger partial charge in [0.05, 0.1) is 0 Å². The number of phenolic OH excluding ortho intramolecular Hbond substituents is 1. The van der Waals surface area contributed by atoms with Crippen LogP contribution in [0.15, 0.2) is 73.0 Å². The lowest BCUT2D eigenvalue weighted by molar-refractivity contribution is -0.134. The molecule has 0 aliphatic rings. The van der Waals surface area contributed by atoms with Gasteiger partial charge in [0.1, 0.15) is 17.8 Å². The van der Waals surface area contributed by atoms with Crippen LogP contribution in [-0.4, -0.2) is 23.4 Å². The van der Waals surface area contributed by atoms with Crippen molar-refractivity contribution in [2.45, 2.75) is 70.3 Å². The van der Waals surface area contributed by atoms with E-state index < -0.39 is 0 Å². The number of esters is 1. The minimum absolute atomic E-state index is 0.0377. The summed E-state index contributed by atoms with van der Waals surface area (Å²) in [5.74, 6) is 0.113. The van der Waals surface area contributed by atoms with E-state index in [2.05, 4.69) is 6.58 Å². The van der Waals surface area contributed by atoms with E-state index in [1.54, 1.807) is 24.3 Å². The lowest BCUT2D eigenvalue weighted by Crippen LogP contribution is -2.18. The predicted octanol–water partition coefficient (Wildman–Crippen LogP) is 6.29. The van der Waals surface area contributed by atoms with E-state index in [0.29, 0.717) is 41.8 Å². The van der Waals surface area contributed by atoms with Gasteiger partial charge in [0.2, 0.25) is 0 Å². The molecule has 0 saturated heterocycles. The van der Waals surface area contributed by atoms with Gasteiger partial charge in [-0.1, -0.05) is 68.2 Å². The average molecular weight is 505 g/mol. The first-order valence-electron chi connectivity index (χ1n) is 13.0. The second-order valence-electron chi connectivity index (χ2n) is 9.17. The summed E-state index contributed by atoms with van der Waals surface area (Å²) >= 11 is 0. The van der Waals surface area contributed by atoms with E-state index in [1.807, 2.05) is 36.4 Å². The van der Waals surface area contributed by atoms with Gasteiger partial charge in [-0.2, -0.15) is 0 Å². The fourth-order valence-corrected chi connectivity index (χ4v) is 3.91. The van der Waals surface area contributed by atoms with E-state index in [1.165, 1.54) is 25.3 Å². The molecule has 0 fully saturated rings. The minimum Gasteiger partial charge on any atom is -0.507 e. The zero-order valence-corrected chi connectivity index (χ0v) is 21.6. The first kappa shape index (κ1) is 29.6. The summed E-state index contributed by atoms with van der Waals surface area (Å²) < 4.78 is 5.46. The number of carbonyl (C=O) groups excluding carboxylic acids is 2. The van der Waals surface area contributed by atoms with Gasteiger partial charge in [0.15, 0.2) is 0 Å². The Morgan fingerprint density at radius 1 is 1.00 bits per heavy atom. The topological polar surface area (TPSA) is 116 Å². The molecule has 0 spiro atoms. The van der Waals surface area contributed by atoms with Crippen molar-refractivity contribution >= 4 is 23.9 Å². The highest BCUT2D eigenvalue weighted by Gasteiger charge is 2.09. The van der Waals surface area contributed by atoms with Crippen LogP contribution in [0.4, 0.5) is 0 Å². The minimum atomic E-state index is -0.361. The quantitative estimate of drug-likeness (QED) is 0.0582. The number of ether oxygens (including phenoxy) is 1. The zero-order chi connectivity index (χ0) is 26.9. The third-order valence-electron chi connectivity index (χ3n) is 6.00. The molecule has 0 aromatic heterocycles. The number of phenols is 1. The number of unbranched alkanes of at least 4 members (excludes halogenated alkanes) is 6. The Balaban J connectivity index is 1.84. The molecule has 0 radical (unpaired) electrons. The first-order valence-corrected chi connectivity index (χ1v) is 13.0. The van der Waals surface area contributed by atoms with Crippen molar-refractivity contribution in [3.05, 3.63) is 84.1 Å². The van der Waals surface area contributed by atoms with Gasteiger partial charge in [-0.25, -0.2) is 0 Å². The Kier molecular flexibility index (Phi) is 13.5. The summed E-state index contributed by atoms with van der Waals surface area (Å²) in [6, 6.07) is 13.6. The first-order chi connectivity index (χ1) is 17.9. The third kappa shape index (κ3) is 11.8. The van der Waals surface area contributed by atoms with Gasteiger partial charge in [-0.15, -0.1) is 6.58 Å². The molecule has 198 valence electrons. The number of carbonyl (C=O) groups is 2. The summed E-state index contributed by atoms with van der Waals surface area (Å²) in [6.45, 7) is 3.73. The van der Waals surface area contributed by atoms with Gasteiger partial charge >= 0.3 is 5.97 Å². The predicted molar refractivity (Wildman–Crippen MR) is 151 cm³/mol. The van der Waals surface area contributed by atoms with Crippen LogP contribution < -0.4 is 16.2 Å². The molecule has 1 unspecified atom stereocenters. The lowest BCUT2D eigenvalue weighted by Gasteiger charge is -2.10. The molecule has 0 saturated carbocycles.